The first-order valence-electron chi connectivity index (χ1n) is 9.48. The Labute approximate surface area is 159 Å². The van der Waals surface area contributed by atoms with Crippen LogP contribution in [0.4, 0.5) is 0 Å². The Hall–Kier alpha value is -2.63. The van der Waals surface area contributed by atoms with Crippen molar-refractivity contribution in [1.29, 1.82) is 0 Å². The lowest BCUT2D eigenvalue weighted by Gasteiger charge is -2.16. The molecule has 1 aromatic heterocycles. The number of rotatable bonds is 6. The van der Waals surface area contributed by atoms with E-state index in [1.165, 1.54) is 0 Å². The topological polar surface area (TPSA) is 75.4 Å². The van der Waals surface area contributed by atoms with Crippen LogP contribution in [-0.2, 0) is 19.9 Å². The summed E-state index contributed by atoms with van der Waals surface area (Å²) in [6.45, 7) is 5.70. The van der Waals surface area contributed by atoms with E-state index < -0.39 is 5.97 Å². The van der Waals surface area contributed by atoms with Crippen LogP contribution in [0.3, 0.4) is 0 Å². The minimum absolute atomic E-state index is 0.0294. The molecule has 1 aliphatic rings. The van der Waals surface area contributed by atoms with Crippen LogP contribution in [0.5, 0.6) is 0 Å². The zero-order chi connectivity index (χ0) is 19.6. The quantitative estimate of drug-likeness (QED) is 0.849. The molecule has 3 rings (SSSR count). The zero-order valence-corrected chi connectivity index (χ0v) is 16.2. The summed E-state index contributed by atoms with van der Waals surface area (Å²) in [7, 11) is 1.82. The van der Waals surface area contributed by atoms with Crippen LogP contribution >= 0.6 is 0 Å². The Morgan fingerprint density at radius 2 is 2.07 bits per heavy atom. The Kier molecular flexibility index (Phi) is 5.63. The average Bonchev–Trinajstić information content (AvgIpc) is 3.20. The Balaban J connectivity index is 1.64. The van der Waals surface area contributed by atoms with Crippen molar-refractivity contribution in [2.45, 2.75) is 33.1 Å². The number of aromatic nitrogens is 2. The highest BCUT2D eigenvalue weighted by atomic mass is 16.4. The van der Waals surface area contributed by atoms with Crippen LogP contribution in [0.2, 0.25) is 0 Å². The molecule has 2 heterocycles. The molecule has 0 radical (unpaired) electrons. The van der Waals surface area contributed by atoms with Gasteiger partial charge in [0.2, 0.25) is 0 Å². The predicted octanol–water partition coefficient (Wildman–Crippen LogP) is 3.02. The van der Waals surface area contributed by atoms with Crippen molar-refractivity contribution in [2.75, 3.05) is 13.1 Å². The van der Waals surface area contributed by atoms with Gasteiger partial charge in [0.15, 0.2) is 0 Å². The second-order valence-corrected chi connectivity index (χ2v) is 7.86. The molecule has 1 atom stereocenters. The molecule has 1 N–H and O–H groups in total. The maximum absolute atomic E-state index is 12.9. The van der Waals surface area contributed by atoms with E-state index >= 15 is 0 Å². The average molecular weight is 369 g/mol. The Morgan fingerprint density at radius 3 is 2.78 bits per heavy atom. The van der Waals surface area contributed by atoms with E-state index in [1.54, 1.807) is 22.9 Å². The van der Waals surface area contributed by atoms with Crippen molar-refractivity contribution in [3.8, 4) is 0 Å². The van der Waals surface area contributed by atoms with Gasteiger partial charge in [0.05, 0.1) is 11.3 Å². The fourth-order valence-electron chi connectivity index (χ4n) is 3.76. The van der Waals surface area contributed by atoms with E-state index in [-0.39, 0.29) is 5.91 Å². The van der Waals surface area contributed by atoms with Gasteiger partial charge in [0.25, 0.3) is 5.91 Å². The number of carbonyl (C=O) groups is 2. The fourth-order valence-corrected chi connectivity index (χ4v) is 3.76. The number of aryl methyl sites for hydroxylation is 1. The number of carboxylic acids is 1. The number of nitrogens with zero attached hydrogens (tertiary/aromatic N) is 3. The molecule has 0 saturated carbocycles. The van der Waals surface area contributed by atoms with Gasteiger partial charge >= 0.3 is 5.97 Å². The minimum atomic E-state index is -0.909. The Morgan fingerprint density at radius 1 is 1.30 bits per heavy atom. The summed E-state index contributed by atoms with van der Waals surface area (Å²) in [6, 6.07) is 8.98. The summed E-state index contributed by atoms with van der Waals surface area (Å²) in [5.74, 6) is -0.0304. The van der Waals surface area contributed by atoms with Gasteiger partial charge < -0.3 is 10.0 Å². The van der Waals surface area contributed by atoms with Gasteiger partial charge in [0.1, 0.15) is 5.69 Å². The largest absolute Gasteiger partial charge is 0.478 e. The standard InChI is InChI=1S/C21H27N3O3/c1-14(2)9-18-12-19(23(3)22-18)20(25)24-8-7-16(13-24)10-15-5-4-6-17(11-15)21(26)27/h4-6,11-12,14,16H,7-10,13H2,1-3H3,(H,26,27)/t16-/m0/s1. The highest BCUT2D eigenvalue weighted by Crippen LogP contribution is 2.23. The maximum atomic E-state index is 12.9. The highest BCUT2D eigenvalue weighted by molar-refractivity contribution is 5.93. The third kappa shape index (κ3) is 4.56. The molecular weight excluding hydrogens is 342 g/mol. The van der Waals surface area contributed by atoms with Crippen LogP contribution in [0.15, 0.2) is 30.3 Å². The van der Waals surface area contributed by atoms with Crippen molar-refractivity contribution >= 4 is 11.9 Å². The molecule has 0 spiro atoms. The molecular formula is C21H27N3O3. The van der Waals surface area contributed by atoms with E-state index in [1.807, 2.05) is 24.1 Å². The third-order valence-corrected chi connectivity index (χ3v) is 5.04. The normalized spacial score (nSPS) is 16.9. The predicted molar refractivity (Wildman–Crippen MR) is 103 cm³/mol. The lowest BCUT2D eigenvalue weighted by molar-refractivity contribution is 0.0696. The van der Waals surface area contributed by atoms with Crippen molar-refractivity contribution in [3.05, 3.63) is 52.8 Å². The first kappa shape index (κ1) is 19.1. The molecule has 0 aliphatic carbocycles. The van der Waals surface area contributed by atoms with Gasteiger partial charge in [-0.15, -0.1) is 0 Å². The van der Waals surface area contributed by atoms with E-state index in [0.717, 1.165) is 37.1 Å². The molecule has 1 aliphatic heterocycles. The summed E-state index contributed by atoms with van der Waals surface area (Å²) in [4.78, 5) is 25.9. The van der Waals surface area contributed by atoms with Crippen LogP contribution in [0.1, 0.15) is 52.4 Å². The van der Waals surface area contributed by atoms with Crippen molar-refractivity contribution in [3.63, 3.8) is 0 Å². The summed E-state index contributed by atoms with van der Waals surface area (Å²) >= 11 is 0. The maximum Gasteiger partial charge on any atom is 0.335 e. The van der Waals surface area contributed by atoms with Crippen LogP contribution in [0.25, 0.3) is 0 Å². The van der Waals surface area contributed by atoms with E-state index in [2.05, 4.69) is 18.9 Å². The summed E-state index contributed by atoms with van der Waals surface area (Å²) in [6.07, 6.45) is 2.58. The van der Waals surface area contributed by atoms with Gasteiger partial charge in [-0.05, 0) is 54.9 Å². The number of carboxylic acid groups (broad SMARTS) is 1. The molecule has 1 saturated heterocycles. The molecule has 1 amide bonds. The fraction of sp³-hybridized carbons (Fsp3) is 0.476. The number of hydrogen-bond acceptors (Lipinski definition) is 3. The van der Waals surface area contributed by atoms with Crippen LogP contribution in [0, 0.1) is 11.8 Å². The molecule has 0 unspecified atom stereocenters. The number of carbonyl (C=O) groups excluding carboxylic acids is 1. The molecule has 2 aromatic rings. The van der Waals surface area contributed by atoms with Gasteiger partial charge in [-0.2, -0.15) is 5.10 Å². The lowest BCUT2D eigenvalue weighted by Crippen LogP contribution is -2.30. The van der Waals surface area contributed by atoms with Gasteiger partial charge in [-0.3, -0.25) is 9.48 Å². The second-order valence-electron chi connectivity index (χ2n) is 7.86. The number of amides is 1. The van der Waals surface area contributed by atoms with Crippen LogP contribution < -0.4 is 0 Å². The molecule has 6 nitrogen and oxygen atoms in total. The summed E-state index contributed by atoms with van der Waals surface area (Å²) < 4.78 is 1.68. The number of hydrogen-bond donors (Lipinski definition) is 1. The second kappa shape index (κ2) is 7.94. The van der Waals surface area contributed by atoms with Crippen molar-refractivity contribution in [1.82, 2.24) is 14.7 Å². The smallest absolute Gasteiger partial charge is 0.335 e. The van der Waals surface area contributed by atoms with E-state index in [9.17, 15) is 9.59 Å². The molecule has 0 bridgehead atoms. The molecule has 144 valence electrons. The summed E-state index contributed by atoms with van der Waals surface area (Å²) in [5.41, 5.74) is 2.91. The minimum Gasteiger partial charge on any atom is -0.478 e. The Bertz CT molecular complexity index is 841. The lowest BCUT2D eigenvalue weighted by atomic mass is 9.97. The zero-order valence-electron chi connectivity index (χ0n) is 16.2. The van der Waals surface area contributed by atoms with Crippen molar-refractivity contribution in [2.24, 2.45) is 18.9 Å². The molecule has 6 heteroatoms. The first-order valence-corrected chi connectivity index (χ1v) is 9.48. The number of aromatic carboxylic acids is 1. The first-order chi connectivity index (χ1) is 12.8. The molecule has 27 heavy (non-hydrogen) atoms. The van der Waals surface area contributed by atoms with Gasteiger partial charge in [-0.25, -0.2) is 4.79 Å². The van der Waals surface area contributed by atoms with Gasteiger partial charge in [0, 0.05) is 20.1 Å². The number of likely N-dealkylation sites (tertiary alicyclic amines) is 1. The van der Waals surface area contributed by atoms with Gasteiger partial charge in [-0.1, -0.05) is 26.0 Å². The van der Waals surface area contributed by atoms with Crippen LogP contribution in [-0.4, -0.2) is 44.8 Å². The number of benzene rings is 1. The third-order valence-electron chi connectivity index (χ3n) is 5.04. The molecule has 1 aromatic carbocycles. The van der Waals surface area contributed by atoms with E-state index in [4.69, 9.17) is 5.11 Å². The summed E-state index contributed by atoms with van der Waals surface area (Å²) in [5, 5.41) is 13.6. The van der Waals surface area contributed by atoms with Crippen molar-refractivity contribution < 1.29 is 14.7 Å². The van der Waals surface area contributed by atoms with E-state index in [0.29, 0.717) is 29.6 Å². The SMILES string of the molecule is CC(C)Cc1cc(C(=O)N2CC[C@@H](Cc3cccc(C(=O)O)c3)C2)n(C)n1. The highest BCUT2D eigenvalue weighted by Gasteiger charge is 2.29. The molecule has 1 fully saturated rings. The monoisotopic (exact) mass is 369 g/mol.